The average Bonchev–Trinajstić information content (AvgIpc) is 2.74. The Morgan fingerprint density at radius 1 is 1.29 bits per heavy atom. The molecule has 1 aromatic carbocycles. The highest BCUT2D eigenvalue weighted by Gasteiger charge is 2.18. The first kappa shape index (κ1) is 12.2. The van der Waals surface area contributed by atoms with Gasteiger partial charge in [0.05, 0.1) is 12.2 Å². The summed E-state index contributed by atoms with van der Waals surface area (Å²) in [5, 5.41) is 3.14. The first-order chi connectivity index (χ1) is 8.20. The fourth-order valence-electron chi connectivity index (χ4n) is 1.87. The molecule has 17 heavy (non-hydrogen) atoms. The molecule has 1 atom stereocenters. The van der Waals surface area contributed by atoms with Crippen LogP contribution in [0.15, 0.2) is 18.2 Å². The van der Waals surface area contributed by atoms with Gasteiger partial charge >= 0.3 is 0 Å². The van der Waals surface area contributed by atoms with E-state index in [9.17, 15) is 0 Å². The zero-order valence-electron chi connectivity index (χ0n) is 10.5. The van der Waals surface area contributed by atoms with Crippen LogP contribution >= 0.6 is 0 Å². The highest BCUT2D eigenvalue weighted by molar-refractivity contribution is 5.45. The van der Waals surface area contributed by atoms with E-state index in [1.54, 1.807) is 0 Å². The van der Waals surface area contributed by atoms with Crippen molar-refractivity contribution in [2.75, 3.05) is 20.4 Å². The number of hydrogen-bond acceptors (Lipinski definition) is 4. The zero-order chi connectivity index (χ0) is 12.3. The summed E-state index contributed by atoms with van der Waals surface area (Å²) in [6, 6.07) is 5.95. The smallest absolute Gasteiger partial charge is 0.231 e. The lowest BCUT2D eigenvalue weighted by Gasteiger charge is -2.20. The SMILES string of the molecule is CNC[C@H](OC(C)C)c1ccc2c(c1)OCO2. The number of benzene rings is 1. The third-order valence-electron chi connectivity index (χ3n) is 2.59. The normalized spacial score (nSPS) is 15.3. The van der Waals surface area contributed by atoms with Crippen LogP contribution < -0.4 is 14.8 Å². The molecule has 0 saturated heterocycles. The van der Waals surface area contributed by atoms with Crippen molar-refractivity contribution in [1.82, 2.24) is 5.32 Å². The van der Waals surface area contributed by atoms with Crippen LogP contribution in [0.3, 0.4) is 0 Å². The Hall–Kier alpha value is -1.26. The minimum atomic E-state index is 0.0366. The minimum absolute atomic E-state index is 0.0366. The van der Waals surface area contributed by atoms with Gasteiger partial charge in [-0.15, -0.1) is 0 Å². The number of fused-ring (bicyclic) bond motifs is 1. The molecule has 0 spiro atoms. The quantitative estimate of drug-likeness (QED) is 0.851. The van der Waals surface area contributed by atoms with E-state index in [0.717, 1.165) is 23.6 Å². The van der Waals surface area contributed by atoms with Crippen LogP contribution in [0.1, 0.15) is 25.5 Å². The summed E-state index contributed by atoms with van der Waals surface area (Å²) in [4.78, 5) is 0. The average molecular weight is 237 g/mol. The van der Waals surface area contributed by atoms with Crippen molar-refractivity contribution in [3.63, 3.8) is 0 Å². The number of nitrogens with one attached hydrogen (secondary N) is 1. The van der Waals surface area contributed by atoms with Gasteiger partial charge in [-0.2, -0.15) is 0 Å². The monoisotopic (exact) mass is 237 g/mol. The van der Waals surface area contributed by atoms with Crippen molar-refractivity contribution in [1.29, 1.82) is 0 Å². The van der Waals surface area contributed by atoms with E-state index in [0.29, 0.717) is 6.79 Å². The number of rotatable bonds is 5. The second-order valence-electron chi connectivity index (χ2n) is 4.34. The lowest BCUT2D eigenvalue weighted by atomic mass is 10.1. The molecule has 0 aromatic heterocycles. The second kappa shape index (κ2) is 5.38. The van der Waals surface area contributed by atoms with Gasteiger partial charge in [0.2, 0.25) is 6.79 Å². The third-order valence-corrected chi connectivity index (χ3v) is 2.59. The van der Waals surface area contributed by atoms with E-state index in [1.165, 1.54) is 0 Å². The van der Waals surface area contributed by atoms with Crippen LogP contribution in [0, 0.1) is 0 Å². The van der Waals surface area contributed by atoms with Crippen LogP contribution in [-0.2, 0) is 4.74 Å². The Bertz CT molecular complexity index is 379. The predicted molar refractivity (Wildman–Crippen MR) is 65.5 cm³/mol. The Labute approximate surface area is 102 Å². The molecule has 0 radical (unpaired) electrons. The van der Waals surface area contributed by atoms with Crippen molar-refractivity contribution >= 4 is 0 Å². The summed E-state index contributed by atoms with van der Waals surface area (Å²) in [7, 11) is 1.92. The van der Waals surface area contributed by atoms with Gasteiger partial charge in [-0.3, -0.25) is 0 Å². The van der Waals surface area contributed by atoms with Gasteiger partial charge in [-0.25, -0.2) is 0 Å². The molecule has 0 saturated carbocycles. The van der Waals surface area contributed by atoms with Gasteiger partial charge in [-0.05, 0) is 38.6 Å². The largest absolute Gasteiger partial charge is 0.454 e. The van der Waals surface area contributed by atoms with E-state index in [1.807, 2.05) is 39.1 Å². The summed E-state index contributed by atoms with van der Waals surface area (Å²) in [6.07, 6.45) is 0.230. The highest BCUT2D eigenvalue weighted by Crippen LogP contribution is 2.35. The van der Waals surface area contributed by atoms with Crippen LogP contribution in [0.2, 0.25) is 0 Å². The predicted octanol–water partition coefficient (Wildman–Crippen LogP) is 2.10. The van der Waals surface area contributed by atoms with Crippen LogP contribution in [0.5, 0.6) is 11.5 Å². The van der Waals surface area contributed by atoms with Crippen LogP contribution in [0.4, 0.5) is 0 Å². The molecule has 0 fully saturated rings. The fourth-order valence-corrected chi connectivity index (χ4v) is 1.87. The number of hydrogen-bond donors (Lipinski definition) is 1. The lowest BCUT2D eigenvalue weighted by Crippen LogP contribution is -2.22. The van der Waals surface area contributed by atoms with E-state index in [4.69, 9.17) is 14.2 Å². The molecule has 0 amide bonds. The Morgan fingerprint density at radius 3 is 2.76 bits per heavy atom. The van der Waals surface area contributed by atoms with Gasteiger partial charge in [-0.1, -0.05) is 6.07 Å². The third kappa shape index (κ3) is 2.90. The minimum Gasteiger partial charge on any atom is -0.454 e. The van der Waals surface area contributed by atoms with Gasteiger partial charge in [0.25, 0.3) is 0 Å². The van der Waals surface area contributed by atoms with Crippen molar-refractivity contribution < 1.29 is 14.2 Å². The topological polar surface area (TPSA) is 39.7 Å². The van der Waals surface area contributed by atoms with Crippen molar-refractivity contribution in [2.24, 2.45) is 0 Å². The van der Waals surface area contributed by atoms with E-state index >= 15 is 0 Å². The Kier molecular flexibility index (Phi) is 3.86. The van der Waals surface area contributed by atoms with E-state index in [2.05, 4.69) is 5.32 Å². The molecule has 1 aliphatic rings. The molecule has 1 aromatic rings. The van der Waals surface area contributed by atoms with Gasteiger partial charge < -0.3 is 19.5 Å². The Morgan fingerprint density at radius 2 is 2.06 bits per heavy atom. The van der Waals surface area contributed by atoms with Crippen LogP contribution in [-0.4, -0.2) is 26.5 Å². The number of likely N-dealkylation sites (N-methyl/N-ethyl adjacent to an activating group) is 1. The zero-order valence-corrected chi connectivity index (χ0v) is 10.5. The molecule has 2 rings (SSSR count). The molecule has 1 N–H and O–H groups in total. The Balaban J connectivity index is 2.17. The maximum atomic E-state index is 5.88. The molecule has 1 heterocycles. The standard InChI is InChI=1S/C13H19NO3/c1-9(2)17-13(7-14-3)10-4-5-11-12(6-10)16-8-15-11/h4-6,9,13-14H,7-8H2,1-3H3/t13-/m0/s1. The van der Waals surface area contributed by atoms with E-state index in [-0.39, 0.29) is 12.2 Å². The van der Waals surface area contributed by atoms with Crippen molar-refractivity contribution in [3.05, 3.63) is 23.8 Å². The molecule has 94 valence electrons. The summed E-state index contributed by atoms with van der Waals surface area (Å²) < 4.78 is 16.5. The van der Waals surface area contributed by atoms with Crippen molar-refractivity contribution in [2.45, 2.75) is 26.1 Å². The summed E-state index contributed by atoms with van der Waals surface area (Å²) >= 11 is 0. The molecule has 0 aliphatic carbocycles. The molecular formula is C13H19NO3. The summed E-state index contributed by atoms with van der Waals surface area (Å²) in [5.74, 6) is 1.61. The first-order valence-corrected chi connectivity index (χ1v) is 5.90. The number of ether oxygens (including phenoxy) is 3. The second-order valence-corrected chi connectivity index (χ2v) is 4.34. The fraction of sp³-hybridized carbons (Fsp3) is 0.538. The molecule has 4 nitrogen and oxygen atoms in total. The summed E-state index contributed by atoms with van der Waals surface area (Å²) in [6.45, 7) is 5.16. The molecule has 0 bridgehead atoms. The highest BCUT2D eigenvalue weighted by atomic mass is 16.7. The van der Waals surface area contributed by atoms with Gasteiger partial charge in [0, 0.05) is 6.54 Å². The molecule has 0 unspecified atom stereocenters. The maximum Gasteiger partial charge on any atom is 0.231 e. The van der Waals surface area contributed by atoms with Gasteiger partial charge in [0.15, 0.2) is 11.5 Å². The summed E-state index contributed by atoms with van der Waals surface area (Å²) in [5.41, 5.74) is 1.11. The molecular weight excluding hydrogens is 218 g/mol. The lowest BCUT2D eigenvalue weighted by molar-refractivity contribution is 0.00805. The van der Waals surface area contributed by atoms with Crippen LogP contribution in [0.25, 0.3) is 0 Å². The maximum absolute atomic E-state index is 5.88. The van der Waals surface area contributed by atoms with E-state index < -0.39 is 0 Å². The van der Waals surface area contributed by atoms with Crippen molar-refractivity contribution in [3.8, 4) is 11.5 Å². The molecule has 1 aliphatic heterocycles. The molecule has 4 heteroatoms. The van der Waals surface area contributed by atoms with Gasteiger partial charge in [0.1, 0.15) is 0 Å². The first-order valence-electron chi connectivity index (χ1n) is 5.90.